The van der Waals surface area contributed by atoms with Crippen LogP contribution in [0.2, 0.25) is 0 Å². The standard InChI is InChI=1S/C21H21Cl2F3O3/c1-13(2)19(17(10-18(22)23)21(24,25)26)20(27)29-12-15-9-16(28-11-15)8-14-6-4-3-5-7-14/h3-7,9-11,13,17,19H,8,12H2,1-2H3. The lowest BCUT2D eigenvalue weighted by Gasteiger charge is -2.28. The van der Waals surface area contributed by atoms with Crippen molar-refractivity contribution < 1.29 is 27.1 Å². The van der Waals surface area contributed by atoms with Gasteiger partial charge < -0.3 is 9.15 Å². The second-order valence-corrected chi connectivity index (χ2v) is 7.99. The predicted molar refractivity (Wildman–Crippen MR) is 105 cm³/mol. The third-order valence-corrected chi connectivity index (χ3v) is 4.62. The van der Waals surface area contributed by atoms with Gasteiger partial charge >= 0.3 is 12.1 Å². The second-order valence-electron chi connectivity index (χ2n) is 6.98. The summed E-state index contributed by atoms with van der Waals surface area (Å²) < 4.78 is 50.4. The Morgan fingerprint density at radius 1 is 1.17 bits per heavy atom. The highest BCUT2D eigenvalue weighted by Gasteiger charge is 2.48. The predicted octanol–water partition coefficient (Wildman–Crippen LogP) is 6.68. The molecular formula is C21H21Cl2F3O3. The molecule has 0 fully saturated rings. The summed E-state index contributed by atoms with van der Waals surface area (Å²) in [5.41, 5.74) is 1.60. The van der Waals surface area contributed by atoms with E-state index in [0.717, 1.165) is 5.56 Å². The lowest BCUT2D eigenvalue weighted by atomic mass is 9.83. The smallest absolute Gasteiger partial charge is 0.396 e. The van der Waals surface area contributed by atoms with Gasteiger partial charge in [0.1, 0.15) is 16.9 Å². The lowest BCUT2D eigenvalue weighted by Crippen LogP contribution is -2.37. The van der Waals surface area contributed by atoms with E-state index in [1.807, 2.05) is 30.3 Å². The van der Waals surface area contributed by atoms with Crippen molar-refractivity contribution in [2.24, 2.45) is 17.8 Å². The Morgan fingerprint density at radius 3 is 2.38 bits per heavy atom. The fraction of sp³-hybridized carbons (Fsp3) is 0.381. The van der Waals surface area contributed by atoms with E-state index >= 15 is 0 Å². The monoisotopic (exact) mass is 448 g/mol. The summed E-state index contributed by atoms with van der Waals surface area (Å²) in [6.45, 7) is 2.83. The molecule has 2 atom stereocenters. The van der Waals surface area contributed by atoms with Crippen LogP contribution in [0.5, 0.6) is 0 Å². The normalized spacial score (nSPS) is 13.8. The molecule has 0 aliphatic carbocycles. The average molecular weight is 449 g/mol. The van der Waals surface area contributed by atoms with Gasteiger partial charge in [0.2, 0.25) is 0 Å². The number of carbonyl (C=O) groups is 1. The Kier molecular flexibility index (Phi) is 8.23. The van der Waals surface area contributed by atoms with Gasteiger partial charge in [0, 0.05) is 12.0 Å². The third kappa shape index (κ3) is 7.12. The van der Waals surface area contributed by atoms with Crippen LogP contribution in [0.15, 0.2) is 57.6 Å². The van der Waals surface area contributed by atoms with Crippen molar-refractivity contribution >= 4 is 29.2 Å². The van der Waals surface area contributed by atoms with E-state index in [1.165, 1.54) is 20.1 Å². The van der Waals surface area contributed by atoms with Crippen LogP contribution in [-0.4, -0.2) is 12.1 Å². The first-order valence-electron chi connectivity index (χ1n) is 8.94. The lowest BCUT2D eigenvalue weighted by molar-refractivity contribution is -0.191. The number of rotatable bonds is 8. The quantitative estimate of drug-likeness (QED) is 0.422. The molecule has 29 heavy (non-hydrogen) atoms. The van der Waals surface area contributed by atoms with Gasteiger partial charge in [-0.2, -0.15) is 13.2 Å². The first kappa shape index (κ1) is 23.4. The van der Waals surface area contributed by atoms with E-state index in [4.69, 9.17) is 32.4 Å². The van der Waals surface area contributed by atoms with Crippen molar-refractivity contribution in [3.63, 3.8) is 0 Å². The molecule has 0 aliphatic heterocycles. The maximum absolute atomic E-state index is 13.4. The van der Waals surface area contributed by atoms with Crippen LogP contribution < -0.4 is 0 Å². The van der Waals surface area contributed by atoms with E-state index in [9.17, 15) is 18.0 Å². The van der Waals surface area contributed by atoms with Crippen molar-refractivity contribution in [3.05, 3.63) is 70.1 Å². The molecule has 2 aromatic rings. The Balaban J connectivity index is 2.06. The Hall–Kier alpha value is -1.92. The van der Waals surface area contributed by atoms with Crippen LogP contribution in [0, 0.1) is 17.8 Å². The molecule has 0 saturated carbocycles. The van der Waals surface area contributed by atoms with Gasteiger partial charge in [0.25, 0.3) is 0 Å². The van der Waals surface area contributed by atoms with E-state index in [-0.39, 0.29) is 6.61 Å². The van der Waals surface area contributed by atoms with Gasteiger partial charge in [-0.15, -0.1) is 0 Å². The average Bonchev–Trinajstić information content (AvgIpc) is 3.06. The highest BCUT2D eigenvalue weighted by molar-refractivity contribution is 6.55. The molecule has 2 unspecified atom stereocenters. The summed E-state index contributed by atoms with van der Waals surface area (Å²) >= 11 is 10.9. The minimum atomic E-state index is -4.69. The van der Waals surface area contributed by atoms with Gasteiger partial charge in [-0.25, -0.2) is 0 Å². The number of carbonyl (C=O) groups excluding carboxylic acids is 1. The number of halogens is 5. The number of allylic oxidation sites excluding steroid dienone is 1. The minimum Gasteiger partial charge on any atom is -0.469 e. The number of alkyl halides is 3. The minimum absolute atomic E-state index is 0.191. The van der Waals surface area contributed by atoms with Gasteiger partial charge in [0.15, 0.2) is 0 Å². The van der Waals surface area contributed by atoms with Crippen molar-refractivity contribution in [1.82, 2.24) is 0 Å². The van der Waals surface area contributed by atoms with Crippen LogP contribution in [0.4, 0.5) is 13.2 Å². The van der Waals surface area contributed by atoms with E-state index in [2.05, 4.69) is 0 Å². The summed E-state index contributed by atoms with van der Waals surface area (Å²) in [4.78, 5) is 12.5. The molecule has 1 aromatic carbocycles. The molecule has 0 radical (unpaired) electrons. The number of furan rings is 1. The molecule has 8 heteroatoms. The molecular weight excluding hydrogens is 428 g/mol. The summed E-state index contributed by atoms with van der Waals surface area (Å²) in [6.07, 6.45) is -2.09. The zero-order chi connectivity index (χ0) is 21.6. The Labute approximate surface area is 177 Å². The molecule has 1 aromatic heterocycles. The maximum atomic E-state index is 13.4. The fourth-order valence-electron chi connectivity index (χ4n) is 3.01. The number of ether oxygens (including phenoxy) is 1. The summed E-state index contributed by atoms with van der Waals surface area (Å²) in [7, 11) is 0. The molecule has 0 saturated heterocycles. The van der Waals surface area contributed by atoms with Crippen LogP contribution in [0.3, 0.4) is 0 Å². The van der Waals surface area contributed by atoms with Crippen molar-refractivity contribution in [3.8, 4) is 0 Å². The zero-order valence-electron chi connectivity index (χ0n) is 15.9. The molecule has 1 heterocycles. The van der Waals surface area contributed by atoms with Gasteiger partial charge in [0.05, 0.1) is 18.1 Å². The van der Waals surface area contributed by atoms with Crippen molar-refractivity contribution in [1.29, 1.82) is 0 Å². The molecule has 3 nitrogen and oxygen atoms in total. The van der Waals surface area contributed by atoms with Crippen LogP contribution in [-0.2, 0) is 22.6 Å². The van der Waals surface area contributed by atoms with Crippen LogP contribution >= 0.6 is 23.2 Å². The van der Waals surface area contributed by atoms with Crippen LogP contribution in [0.1, 0.15) is 30.7 Å². The summed E-state index contributed by atoms with van der Waals surface area (Å²) in [6, 6.07) is 11.3. The third-order valence-electron chi connectivity index (χ3n) is 4.37. The second kappa shape index (κ2) is 10.2. The number of benzene rings is 1. The Morgan fingerprint density at radius 2 is 1.83 bits per heavy atom. The fourth-order valence-corrected chi connectivity index (χ4v) is 3.28. The zero-order valence-corrected chi connectivity index (χ0v) is 17.4. The van der Waals surface area contributed by atoms with Gasteiger partial charge in [-0.3, -0.25) is 4.79 Å². The Bertz CT molecular complexity index is 825. The molecule has 0 N–H and O–H groups in total. The number of hydrogen-bond donors (Lipinski definition) is 0. The molecule has 0 bridgehead atoms. The van der Waals surface area contributed by atoms with Crippen molar-refractivity contribution in [2.75, 3.05) is 0 Å². The largest absolute Gasteiger partial charge is 0.469 e. The summed E-state index contributed by atoms with van der Waals surface area (Å²) in [5.74, 6) is -4.57. The molecule has 0 spiro atoms. The van der Waals surface area contributed by atoms with Gasteiger partial charge in [-0.1, -0.05) is 67.4 Å². The molecule has 158 valence electrons. The van der Waals surface area contributed by atoms with E-state index < -0.39 is 34.4 Å². The van der Waals surface area contributed by atoms with Crippen molar-refractivity contribution in [2.45, 2.75) is 33.1 Å². The highest BCUT2D eigenvalue weighted by atomic mass is 35.5. The molecule has 0 aliphatic rings. The van der Waals surface area contributed by atoms with Crippen LogP contribution in [0.25, 0.3) is 0 Å². The maximum Gasteiger partial charge on any atom is 0.396 e. The topological polar surface area (TPSA) is 39.4 Å². The molecule has 2 rings (SSSR count). The van der Waals surface area contributed by atoms with E-state index in [0.29, 0.717) is 23.8 Å². The highest BCUT2D eigenvalue weighted by Crippen LogP contribution is 2.39. The number of esters is 1. The first-order valence-corrected chi connectivity index (χ1v) is 9.70. The molecule has 0 amide bonds. The van der Waals surface area contributed by atoms with E-state index in [1.54, 1.807) is 6.07 Å². The first-order chi connectivity index (χ1) is 13.6. The van der Waals surface area contributed by atoms with Gasteiger partial charge in [-0.05, 0) is 23.6 Å². The number of hydrogen-bond acceptors (Lipinski definition) is 3. The summed E-state index contributed by atoms with van der Waals surface area (Å²) in [5, 5.41) is 0. The SMILES string of the molecule is CC(C)C(C(=O)OCc1coc(Cc2ccccc2)c1)C(C=C(Cl)Cl)C(F)(F)F.